The zero-order valence-electron chi connectivity index (χ0n) is 16.3. The molecular weight excluding hydrogens is 394 g/mol. The molecule has 2 aromatic rings. The molecular formula is C21H26ClN3O2S. The molecule has 0 aromatic heterocycles. The number of benzene rings is 2. The summed E-state index contributed by atoms with van der Waals surface area (Å²) in [6.45, 7) is 5.05. The zero-order valence-corrected chi connectivity index (χ0v) is 17.9. The van der Waals surface area contributed by atoms with Crippen LogP contribution < -0.4 is 15.0 Å². The Kier molecular flexibility index (Phi) is 7.34. The van der Waals surface area contributed by atoms with E-state index in [1.165, 1.54) is 17.2 Å². The molecule has 0 aliphatic carbocycles. The van der Waals surface area contributed by atoms with E-state index in [2.05, 4.69) is 22.3 Å². The van der Waals surface area contributed by atoms with Crippen LogP contribution in [0.3, 0.4) is 0 Å². The molecule has 1 aliphatic rings. The lowest BCUT2D eigenvalue weighted by molar-refractivity contribution is 0.207. The number of rotatable bonds is 6. The summed E-state index contributed by atoms with van der Waals surface area (Å²) in [5.41, 5.74) is 3.12. The highest BCUT2D eigenvalue weighted by Crippen LogP contribution is 2.25. The number of halogens is 1. The highest BCUT2D eigenvalue weighted by atomic mass is 35.5. The Morgan fingerprint density at radius 2 is 2.04 bits per heavy atom. The molecule has 0 bridgehead atoms. The lowest BCUT2D eigenvalue weighted by atomic mass is 10.1. The Labute approximate surface area is 176 Å². The molecule has 0 saturated carbocycles. The number of anilines is 2. The molecule has 1 saturated heterocycles. The molecule has 0 atom stereocenters. The van der Waals surface area contributed by atoms with E-state index >= 15 is 0 Å². The van der Waals surface area contributed by atoms with Crippen molar-refractivity contribution in [3.63, 3.8) is 0 Å². The molecule has 0 radical (unpaired) electrons. The number of hydrogen-bond acceptors (Lipinski definition) is 4. The van der Waals surface area contributed by atoms with Crippen molar-refractivity contribution < 1.29 is 9.53 Å². The first kappa shape index (κ1) is 20.7. The van der Waals surface area contributed by atoms with Crippen molar-refractivity contribution in [3.05, 3.63) is 53.1 Å². The van der Waals surface area contributed by atoms with Gasteiger partial charge in [0.25, 0.3) is 0 Å². The van der Waals surface area contributed by atoms with Crippen molar-refractivity contribution in [2.45, 2.75) is 6.92 Å². The van der Waals surface area contributed by atoms with Gasteiger partial charge in [0.05, 0.1) is 6.54 Å². The monoisotopic (exact) mass is 419 g/mol. The summed E-state index contributed by atoms with van der Waals surface area (Å²) in [7, 11) is 1.76. The summed E-state index contributed by atoms with van der Waals surface area (Å²) in [4.78, 5) is 16.5. The van der Waals surface area contributed by atoms with Crippen molar-refractivity contribution in [2.24, 2.45) is 0 Å². The fraction of sp³-hybridized carbons (Fsp3) is 0.381. The largest absolute Gasteiger partial charge is 0.492 e. The Morgan fingerprint density at radius 3 is 2.75 bits per heavy atom. The number of amides is 2. The maximum absolute atomic E-state index is 12.5. The predicted molar refractivity (Wildman–Crippen MR) is 119 cm³/mol. The topological polar surface area (TPSA) is 44.8 Å². The molecule has 7 heteroatoms. The minimum absolute atomic E-state index is 0.153. The van der Waals surface area contributed by atoms with Gasteiger partial charge in [0.2, 0.25) is 0 Å². The Balaban J connectivity index is 1.50. The molecule has 1 N–H and O–H groups in total. The Bertz CT molecular complexity index is 812. The molecule has 3 rings (SSSR count). The van der Waals surface area contributed by atoms with E-state index in [-0.39, 0.29) is 6.03 Å². The van der Waals surface area contributed by atoms with Crippen LogP contribution in [-0.4, -0.2) is 55.7 Å². The fourth-order valence-electron chi connectivity index (χ4n) is 2.98. The molecule has 2 aromatic carbocycles. The number of thioether (sulfide) groups is 1. The van der Waals surface area contributed by atoms with Crippen LogP contribution in [0.2, 0.25) is 5.02 Å². The molecule has 5 nitrogen and oxygen atoms in total. The second kappa shape index (κ2) is 9.94. The lowest BCUT2D eigenvalue weighted by Gasteiger charge is -2.29. The standard InChI is InChI=1S/C21H26ClN3O2S/c1-16-14-18(25-9-12-28-13-10-25)6-7-20(16)23-21(26)24(2)8-11-27-19-5-3-4-17(22)15-19/h3-7,14-15H,8-13H2,1-2H3,(H,23,26). The van der Waals surface area contributed by atoms with E-state index in [1.54, 1.807) is 24.1 Å². The number of hydrogen-bond donors (Lipinski definition) is 1. The molecule has 2 amide bonds. The Morgan fingerprint density at radius 1 is 1.25 bits per heavy atom. The van der Waals surface area contributed by atoms with Crippen molar-refractivity contribution in [3.8, 4) is 5.75 Å². The second-order valence-corrected chi connectivity index (χ2v) is 8.42. The van der Waals surface area contributed by atoms with Gasteiger partial charge in [-0.2, -0.15) is 11.8 Å². The van der Waals surface area contributed by atoms with Gasteiger partial charge in [0, 0.05) is 48.0 Å². The predicted octanol–water partition coefficient (Wildman–Crippen LogP) is 4.74. The number of carbonyl (C=O) groups is 1. The normalized spacial score (nSPS) is 13.9. The summed E-state index contributed by atoms with van der Waals surface area (Å²) >= 11 is 7.94. The van der Waals surface area contributed by atoms with Gasteiger partial charge in [0.1, 0.15) is 12.4 Å². The number of ether oxygens (including phenoxy) is 1. The van der Waals surface area contributed by atoms with Crippen LogP contribution in [0.25, 0.3) is 0 Å². The van der Waals surface area contributed by atoms with Gasteiger partial charge in [-0.15, -0.1) is 0 Å². The minimum atomic E-state index is -0.153. The zero-order chi connectivity index (χ0) is 19.9. The van der Waals surface area contributed by atoms with Crippen LogP contribution in [0.1, 0.15) is 5.56 Å². The van der Waals surface area contributed by atoms with E-state index in [0.29, 0.717) is 23.9 Å². The first-order chi connectivity index (χ1) is 13.5. The summed E-state index contributed by atoms with van der Waals surface area (Å²) in [6.07, 6.45) is 0. The summed E-state index contributed by atoms with van der Waals surface area (Å²) in [6, 6.07) is 13.3. The molecule has 28 heavy (non-hydrogen) atoms. The average molecular weight is 420 g/mol. The van der Waals surface area contributed by atoms with Crippen molar-refractivity contribution in [1.29, 1.82) is 0 Å². The van der Waals surface area contributed by atoms with Gasteiger partial charge < -0.3 is 19.9 Å². The maximum Gasteiger partial charge on any atom is 0.321 e. The van der Waals surface area contributed by atoms with Gasteiger partial charge in [0.15, 0.2) is 0 Å². The first-order valence-electron chi connectivity index (χ1n) is 9.37. The lowest BCUT2D eigenvalue weighted by Crippen LogP contribution is -2.35. The van der Waals surface area contributed by atoms with E-state index in [1.807, 2.05) is 36.9 Å². The van der Waals surface area contributed by atoms with E-state index in [9.17, 15) is 4.79 Å². The quantitative estimate of drug-likeness (QED) is 0.734. The van der Waals surface area contributed by atoms with E-state index in [4.69, 9.17) is 16.3 Å². The number of aryl methyl sites for hydroxylation is 1. The fourth-order valence-corrected chi connectivity index (χ4v) is 4.06. The third-order valence-corrected chi connectivity index (χ3v) is 5.84. The molecule has 0 spiro atoms. The van der Waals surface area contributed by atoms with Crippen LogP contribution in [0, 0.1) is 6.92 Å². The molecule has 0 unspecified atom stereocenters. The van der Waals surface area contributed by atoms with Gasteiger partial charge in [-0.25, -0.2) is 4.79 Å². The highest BCUT2D eigenvalue weighted by molar-refractivity contribution is 7.99. The number of likely N-dealkylation sites (N-methyl/N-ethyl adjacent to an activating group) is 1. The van der Waals surface area contributed by atoms with Crippen LogP contribution in [0.15, 0.2) is 42.5 Å². The summed E-state index contributed by atoms with van der Waals surface area (Å²) < 4.78 is 5.65. The van der Waals surface area contributed by atoms with Gasteiger partial charge >= 0.3 is 6.03 Å². The smallest absolute Gasteiger partial charge is 0.321 e. The van der Waals surface area contributed by atoms with Gasteiger partial charge in [-0.05, 0) is 48.9 Å². The maximum atomic E-state index is 12.5. The summed E-state index contributed by atoms with van der Waals surface area (Å²) in [5.74, 6) is 3.03. The van der Waals surface area contributed by atoms with Gasteiger partial charge in [-0.3, -0.25) is 0 Å². The molecule has 1 aliphatic heterocycles. The number of carbonyl (C=O) groups excluding carboxylic acids is 1. The first-order valence-corrected chi connectivity index (χ1v) is 10.9. The molecule has 1 heterocycles. The molecule has 1 fully saturated rings. The number of urea groups is 1. The van der Waals surface area contributed by atoms with E-state index in [0.717, 1.165) is 24.3 Å². The number of nitrogens with zero attached hydrogens (tertiary/aromatic N) is 2. The van der Waals surface area contributed by atoms with Crippen LogP contribution in [0.5, 0.6) is 5.75 Å². The van der Waals surface area contributed by atoms with Crippen LogP contribution in [0.4, 0.5) is 16.2 Å². The van der Waals surface area contributed by atoms with Crippen molar-refractivity contribution >= 4 is 40.8 Å². The van der Waals surface area contributed by atoms with Crippen LogP contribution in [-0.2, 0) is 0 Å². The van der Waals surface area contributed by atoms with Crippen molar-refractivity contribution in [2.75, 3.05) is 55.0 Å². The third-order valence-electron chi connectivity index (χ3n) is 4.67. The average Bonchev–Trinajstić information content (AvgIpc) is 2.70. The minimum Gasteiger partial charge on any atom is -0.492 e. The third kappa shape index (κ3) is 5.72. The van der Waals surface area contributed by atoms with Crippen molar-refractivity contribution in [1.82, 2.24) is 4.90 Å². The Hall–Kier alpha value is -2.05. The van der Waals surface area contributed by atoms with E-state index < -0.39 is 0 Å². The number of nitrogens with one attached hydrogen (secondary N) is 1. The summed E-state index contributed by atoms with van der Waals surface area (Å²) in [5, 5.41) is 3.62. The highest BCUT2D eigenvalue weighted by Gasteiger charge is 2.14. The second-order valence-electron chi connectivity index (χ2n) is 6.76. The SMILES string of the molecule is Cc1cc(N2CCSCC2)ccc1NC(=O)N(C)CCOc1cccc(Cl)c1. The van der Waals surface area contributed by atoms with Crippen LogP contribution >= 0.6 is 23.4 Å². The van der Waals surface area contributed by atoms with Gasteiger partial charge in [-0.1, -0.05) is 17.7 Å². The molecule has 150 valence electrons.